The lowest BCUT2D eigenvalue weighted by atomic mass is 9.57. The van der Waals surface area contributed by atoms with Crippen molar-refractivity contribution in [2.45, 2.75) is 58.6 Å². The summed E-state index contributed by atoms with van der Waals surface area (Å²) in [4.78, 5) is 4.34. The Labute approximate surface area is 117 Å². The monoisotopic (exact) mass is 267 g/mol. The van der Waals surface area contributed by atoms with Crippen LogP contribution in [0.2, 0.25) is 0 Å². The third-order valence-electron chi connectivity index (χ3n) is 4.69. The maximum absolute atomic E-state index is 5.83. The number of unbranched alkanes of at least 4 members (excludes halogenated alkanes) is 2. The zero-order valence-corrected chi connectivity index (χ0v) is 12.8. The minimum absolute atomic E-state index is 0.211. The SMILES string of the molecule is CCCCCNC(=NC)NC1C2CCOC2C1(C)C. The number of guanidine groups is 1. The van der Waals surface area contributed by atoms with Gasteiger partial charge in [-0.25, -0.2) is 0 Å². The molecule has 4 heteroatoms. The van der Waals surface area contributed by atoms with Gasteiger partial charge in [0.2, 0.25) is 0 Å². The number of nitrogens with zero attached hydrogens (tertiary/aromatic N) is 1. The van der Waals surface area contributed by atoms with E-state index in [4.69, 9.17) is 4.74 Å². The number of rotatable bonds is 5. The fraction of sp³-hybridized carbons (Fsp3) is 0.933. The van der Waals surface area contributed by atoms with Crippen LogP contribution in [-0.2, 0) is 4.74 Å². The maximum Gasteiger partial charge on any atom is 0.191 e. The first-order valence-corrected chi connectivity index (χ1v) is 7.70. The smallest absolute Gasteiger partial charge is 0.191 e. The van der Waals surface area contributed by atoms with Gasteiger partial charge in [0.1, 0.15) is 0 Å². The Kier molecular flexibility index (Phi) is 4.71. The van der Waals surface area contributed by atoms with Crippen LogP contribution in [0, 0.1) is 11.3 Å². The highest BCUT2D eigenvalue weighted by Crippen LogP contribution is 2.51. The second kappa shape index (κ2) is 6.12. The molecule has 0 amide bonds. The number of nitrogens with one attached hydrogen (secondary N) is 2. The summed E-state index contributed by atoms with van der Waals surface area (Å²) in [5.41, 5.74) is 0.211. The van der Waals surface area contributed by atoms with Crippen molar-refractivity contribution in [2.24, 2.45) is 16.3 Å². The van der Waals surface area contributed by atoms with E-state index in [0.29, 0.717) is 18.1 Å². The van der Waals surface area contributed by atoms with Gasteiger partial charge in [-0.15, -0.1) is 0 Å². The minimum atomic E-state index is 0.211. The van der Waals surface area contributed by atoms with E-state index in [1.807, 2.05) is 7.05 Å². The molecule has 1 heterocycles. The Balaban J connectivity index is 1.82. The summed E-state index contributed by atoms with van der Waals surface area (Å²) in [7, 11) is 1.85. The van der Waals surface area contributed by atoms with Crippen molar-refractivity contribution < 1.29 is 4.74 Å². The van der Waals surface area contributed by atoms with Gasteiger partial charge in [-0.2, -0.15) is 0 Å². The largest absolute Gasteiger partial charge is 0.377 e. The maximum atomic E-state index is 5.83. The Morgan fingerprint density at radius 2 is 2.16 bits per heavy atom. The van der Waals surface area contributed by atoms with Gasteiger partial charge < -0.3 is 15.4 Å². The molecule has 0 aromatic rings. The van der Waals surface area contributed by atoms with E-state index >= 15 is 0 Å². The summed E-state index contributed by atoms with van der Waals surface area (Å²) in [6.45, 7) is 8.73. The molecule has 1 aliphatic carbocycles. The van der Waals surface area contributed by atoms with Crippen molar-refractivity contribution in [3.8, 4) is 0 Å². The lowest BCUT2D eigenvalue weighted by Gasteiger charge is -2.54. The summed E-state index contributed by atoms with van der Waals surface area (Å²) >= 11 is 0. The first-order valence-electron chi connectivity index (χ1n) is 7.70. The first kappa shape index (κ1) is 14.6. The lowest BCUT2D eigenvalue weighted by molar-refractivity contribution is -0.106. The van der Waals surface area contributed by atoms with Crippen molar-refractivity contribution in [3.63, 3.8) is 0 Å². The molecule has 0 aromatic heterocycles. The Bertz CT molecular complexity index is 327. The van der Waals surface area contributed by atoms with Crippen LogP contribution in [0.25, 0.3) is 0 Å². The average molecular weight is 267 g/mol. The van der Waals surface area contributed by atoms with E-state index in [1.54, 1.807) is 0 Å². The summed E-state index contributed by atoms with van der Waals surface area (Å²) in [6.07, 6.45) is 5.35. The minimum Gasteiger partial charge on any atom is -0.377 e. The van der Waals surface area contributed by atoms with E-state index < -0.39 is 0 Å². The van der Waals surface area contributed by atoms with E-state index in [0.717, 1.165) is 19.1 Å². The lowest BCUT2D eigenvalue weighted by Crippen LogP contribution is -2.67. The van der Waals surface area contributed by atoms with Crippen LogP contribution in [0.1, 0.15) is 46.5 Å². The number of aliphatic imine (C=N–C) groups is 1. The average Bonchev–Trinajstić information content (AvgIpc) is 2.84. The van der Waals surface area contributed by atoms with Crippen molar-refractivity contribution in [2.75, 3.05) is 20.2 Å². The molecular formula is C15H29N3O. The van der Waals surface area contributed by atoms with Crippen LogP contribution >= 0.6 is 0 Å². The molecule has 1 saturated carbocycles. The van der Waals surface area contributed by atoms with E-state index in [9.17, 15) is 0 Å². The third kappa shape index (κ3) is 2.88. The van der Waals surface area contributed by atoms with E-state index in [1.165, 1.54) is 25.7 Å². The topological polar surface area (TPSA) is 45.7 Å². The second-order valence-electron chi connectivity index (χ2n) is 6.39. The fourth-order valence-electron chi connectivity index (χ4n) is 3.54. The molecule has 0 bridgehead atoms. The molecule has 1 saturated heterocycles. The number of fused-ring (bicyclic) bond motifs is 1. The van der Waals surface area contributed by atoms with Gasteiger partial charge in [0.15, 0.2) is 5.96 Å². The zero-order chi connectivity index (χ0) is 13.9. The van der Waals surface area contributed by atoms with Crippen molar-refractivity contribution >= 4 is 5.96 Å². The highest BCUT2D eigenvalue weighted by atomic mass is 16.5. The number of hydrogen-bond donors (Lipinski definition) is 2. The normalized spacial score (nSPS) is 32.6. The number of ether oxygens (including phenoxy) is 1. The van der Waals surface area contributed by atoms with Crippen molar-refractivity contribution in [3.05, 3.63) is 0 Å². The molecule has 19 heavy (non-hydrogen) atoms. The standard InChI is InChI=1S/C15H29N3O/c1-5-6-7-9-17-14(16-4)18-12-11-8-10-19-13(11)15(12,2)3/h11-13H,5-10H2,1-4H3,(H2,16,17,18). The van der Waals surface area contributed by atoms with Crippen LogP contribution in [0.4, 0.5) is 0 Å². The Morgan fingerprint density at radius 3 is 2.84 bits per heavy atom. The molecule has 4 nitrogen and oxygen atoms in total. The van der Waals surface area contributed by atoms with Crippen LogP contribution in [0.5, 0.6) is 0 Å². The van der Waals surface area contributed by atoms with Gasteiger partial charge in [-0.3, -0.25) is 4.99 Å². The fourth-order valence-corrected chi connectivity index (χ4v) is 3.54. The molecule has 1 aliphatic heterocycles. The molecule has 3 unspecified atom stereocenters. The van der Waals surface area contributed by atoms with E-state index in [2.05, 4.69) is 36.4 Å². The molecule has 2 N–H and O–H groups in total. The molecular weight excluding hydrogens is 238 g/mol. The summed E-state index contributed by atoms with van der Waals surface area (Å²) in [6, 6.07) is 0.484. The van der Waals surface area contributed by atoms with Gasteiger partial charge in [-0.1, -0.05) is 33.6 Å². The third-order valence-corrected chi connectivity index (χ3v) is 4.69. The highest BCUT2D eigenvalue weighted by Gasteiger charge is 2.59. The van der Waals surface area contributed by atoms with Crippen LogP contribution in [0.15, 0.2) is 4.99 Å². The Hall–Kier alpha value is -0.770. The molecule has 110 valence electrons. The second-order valence-corrected chi connectivity index (χ2v) is 6.39. The molecule has 3 atom stereocenters. The highest BCUT2D eigenvalue weighted by molar-refractivity contribution is 5.80. The molecule has 0 radical (unpaired) electrons. The van der Waals surface area contributed by atoms with Crippen molar-refractivity contribution in [1.82, 2.24) is 10.6 Å². The predicted molar refractivity (Wildman–Crippen MR) is 79.4 cm³/mol. The van der Waals surface area contributed by atoms with Crippen molar-refractivity contribution in [1.29, 1.82) is 0 Å². The predicted octanol–water partition coefficient (Wildman–Crippen LogP) is 2.16. The van der Waals surface area contributed by atoms with Gasteiger partial charge in [0.25, 0.3) is 0 Å². The van der Waals surface area contributed by atoms with Gasteiger partial charge in [0, 0.05) is 37.6 Å². The molecule has 0 aromatic carbocycles. The van der Waals surface area contributed by atoms with E-state index in [-0.39, 0.29) is 5.41 Å². The summed E-state index contributed by atoms with van der Waals surface area (Å²) in [5, 5.41) is 7.02. The Morgan fingerprint density at radius 1 is 1.37 bits per heavy atom. The van der Waals surface area contributed by atoms with Crippen LogP contribution < -0.4 is 10.6 Å². The molecule has 2 fully saturated rings. The summed E-state index contributed by atoms with van der Waals surface area (Å²) in [5.74, 6) is 1.60. The van der Waals surface area contributed by atoms with Gasteiger partial charge >= 0.3 is 0 Å². The quantitative estimate of drug-likeness (QED) is 0.456. The molecule has 0 spiro atoms. The molecule has 2 aliphatic rings. The first-order chi connectivity index (χ1) is 9.11. The van der Waals surface area contributed by atoms with Crippen LogP contribution in [0.3, 0.4) is 0 Å². The van der Waals surface area contributed by atoms with Gasteiger partial charge in [-0.05, 0) is 12.8 Å². The summed E-state index contributed by atoms with van der Waals surface area (Å²) < 4.78 is 5.83. The number of hydrogen-bond acceptors (Lipinski definition) is 2. The van der Waals surface area contributed by atoms with Gasteiger partial charge in [0.05, 0.1) is 6.10 Å². The van der Waals surface area contributed by atoms with Crippen LogP contribution in [-0.4, -0.2) is 38.3 Å². The zero-order valence-electron chi connectivity index (χ0n) is 12.8. The molecule has 2 rings (SSSR count).